The Morgan fingerprint density at radius 2 is 1.80 bits per heavy atom. The van der Waals surface area contributed by atoms with Gasteiger partial charge in [0.1, 0.15) is 0 Å². The largest absolute Gasteiger partial charge is 0.296 e. The summed E-state index contributed by atoms with van der Waals surface area (Å²) in [6, 6.07) is 4.49. The summed E-state index contributed by atoms with van der Waals surface area (Å²) >= 11 is 3.46. The molecule has 0 unspecified atom stereocenters. The maximum atomic E-state index is 3.46. The molecule has 1 aromatic rings. The highest BCUT2D eigenvalue weighted by Crippen LogP contribution is 2.17. The standard InChI is InChI=1S/C13H20BrN/c1-10-5-6-13(12(3)11(10)2)7-8-15(4)9-14/h5-6H,7-9H2,1-4H3. The Bertz CT molecular complexity index is 334. The molecule has 0 amide bonds. The highest BCUT2D eigenvalue weighted by molar-refractivity contribution is 9.09. The molecule has 0 atom stereocenters. The molecule has 15 heavy (non-hydrogen) atoms. The van der Waals surface area contributed by atoms with Gasteiger partial charge in [-0.25, -0.2) is 0 Å². The van der Waals surface area contributed by atoms with E-state index < -0.39 is 0 Å². The average molecular weight is 270 g/mol. The van der Waals surface area contributed by atoms with Gasteiger partial charge in [0.05, 0.1) is 5.45 Å². The SMILES string of the molecule is Cc1ccc(CCN(C)CBr)c(C)c1C. The summed E-state index contributed by atoms with van der Waals surface area (Å²) in [6.45, 7) is 7.72. The summed E-state index contributed by atoms with van der Waals surface area (Å²) in [5.74, 6) is 0. The van der Waals surface area contributed by atoms with Crippen LogP contribution in [0.1, 0.15) is 22.3 Å². The third kappa shape index (κ3) is 3.32. The number of alkyl halides is 1. The van der Waals surface area contributed by atoms with E-state index in [4.69, 9.17) is 0 Å². The lowest BCUT2D eigenvalue weighted by Crippen LogP contribution is -2.19. The number of likely N-dealkylation sites (N-methyl/N-ethyl adjacent to an activating group) is 1. The second-order valence-corrected chi connectivity index (χ2v) is 4.74. The first-order valence-corrected chi connectivity index (χ1v) is 6.48. The lowest BCUT2D eigenvalue weighted by molar-refractivity contribution is 0.401. The molecule has 1 rings (SSSR count). The van der Waals surface area contributed by atoms with Gasteiger partial charge in [-0.3, -0.25) is 4.90 Å². The van der Waals surface area contributed by atoms with Gasteiger partial charge in [-0.05, 0) is 56.5 Å². The first-order chi connectivity index (χ1) is 7.06. The monoisotopic (exact) mass is 269 g/mol. The first kappa shape index (κ1) is 12.7. The summed E-state index contributed by atoms with van der Waals surface area (Å²) in [6.07, 6.45) is 1.13. The van der Waals surface area contributed by atoms with Crippen LogP contribution >= 0.6 is 15.9 Å². The summed E-state index contributed by atoms with van der Waals surface area (Å²) < 4.78 is 0. The lowest BCUT2D eigenvalue weighted by Gasteiger charge is -2.15. The van der Waals surface area contributed by atoms with Gasteiger partial charge in [0.15, 0.2) is 0 Å². The Morgan fingerprint density at radius 1 is 1.13 bits per heavy atom. The van der Waals surface area contributed by atoms with E-state index in [9.17, 15) is 0 Å². The Hall–Kier alpha value is -0.340. The van der Waals surface area contributed by atoms with E-state index in [2.05, 4.69) is 60.8 Å². The number of hydrogen-bond donors (Lipinski definition) is 0. The smallest absolute Gasteiger partial charge is 0.0539 e. The molecule has 2 heteroatoms. The molecule has 1 aromatic carbocycles. The van der Waals surface area contributed by atoms with Crippen LogP contribution in [0.25, 0.3) is 0 Å². The van der Waals surface area contributed by atoms with Crippen LogP contribution in [0.2, 0.25) is 0 Å². The van der Waals surface area contributed by atoms with E-state index in [1.807, 2.05) is 0 Å². The van der Waals surface area contributed by atoms with Crippen molar-refractivity contribution in [3.05, 3.63) is 34.4 Å². The van der Waals surface area contributed by atoms with E-state index in [-0.39, 0.29) is 0 Å². The summed E-state index contributed by atoms with van der Waals surface area (Å²) in [4.78, 5) is 2.27. The number of benzene rings is 1. The molecule has 0 saturated heterocycles. The van der Waals surface area contributed by atoms with Crippen molar-refractivity contribution in [1.29, 1.82) is 0 Å². The summed E-state index contributed by atoms with van der Waals surface area (Å²) in [7, 11) is 2.13. The summed E-state index contributed by atoms with van der Waals surface area (Å²) in [5.41, 5.74) is 6.71. The van der Waals surface area contributed by atoms with Crippen LogP contribution in [0.5, 0.6) is 0 Å². The first-order valence-electron chi connectivity index (χ1n) is 5.36. The van der Waals surface area contributed by atoms with Crippen LogP contribution in [0.15, 0.2) is 12.1 Å². The molecular formula is C13H20BrN. The minimum absolute atomic E-state index is 0.941. The van der Waals surface area contributed by atoms with Crippen molar-refractivity contribution < 1.29 is 0 Å². The lowest BCUT2D eigenvalue weighted by atomic mass is 9.97. The fourth-order valence-electron chi connectivity index (χ4n) is 1.65. The maximum absolute atomic E-state index is 3.46. The van der Waals surface area contributed by atoms with Gasteiger partial charge in [-0.2, -0.15) is 0 Å². The van der Waals surface area contributed by atoms with E-state index in [1.165, 1.54) is 22.3 Å². The zero-order valence-corrected chi connectivity index (χ0v) is 11.7. The molecule has 0 N–H and O–H groups in total. The number of halogens is 1. The van der Waals surface area contributed by atoms with Crippen molar-refractivity contribution >= 4 is 15.9 Å². The molecule has 0 bridgehead atoms. The minimum atomic E-state index is 0.941. The number of rotatable bonds is 4. The molecule has 0 aromatic heterocycles. The highest BCUT2D eigenvalue weighted by atomic mass is 79.9. The van der Waals surface area contributed by atoms with Crippen molar-refractivity contribution in [3.8, 4) is 0 Å². The second-order valence-electron chi connectivity index (χ2n) is 4.24. The predicted octanol–water partition coefficient (Wildman–Crippen LogP) is 3.44. The third-order valence-electron chi connectivity index (χ3n) is 3.14. The molecule has 0 fully saturated rings. The van der Waals surface area contributed by atoms with Crippen LogP contribution in [-0.4, -0.2) is 23.9 Å². The molecule has 0 spiro atoms. The van der Waals surface area contributed by atoms with Crippen molar-refractivity contribution in [2.45, 2.75) is 27.2 Å². The van der Waals surface area contributed by atoms with Crippen LogP contribution in [0, 0.1) is 20.8 Å². The van der Waals surface area contributed by atoms with E-state index in [0.717, 1.165) is 18.4 Å². The Balaban J connectivity index is 2.74. The Kier molecular flexibility index (Phi) is 4.81. The van der Waals surface area contributed by atoms with Crippen molar-refractivity contribution in [1.82, 2.24) is 4.90 Å². The predicted molar refractivity (Wildman–Crippen MR) is 70.8 cm³/mol. The number of aryl methyl sites for hydroxylation is 1. The van der Waals surface area contributed by atoms with E-state index >= 15 is 0 Å². The zero-order chi connectivity index (χ0) is 11.4. The van der Waals surface area contributed by atoms with Crippen LogP contribution in [0.3, 0.4) is 0 Å². The van der Waals surface area contributed by atoms with Gasteiger partial charge < -0.3 is 0 Å². The van der Waals surface area contributed by atoms with Gasteiger partial charge in [0, 0.05) is 6.54 Å². The van der Waals surface area contributed by atoms with Crippen LogP contribution in [0.4, 0.5) is 0 Å². The van der Waals surface area contributed by atoms with Gasteiger partial charge in [-0.1, -0.05) is 28.1 Å². The van der Waals surface area contributed by atoms with Gasteiger partial charge in [0.2, 0.25) is 0 Å². The average Bonchev–Trinajstić information content (AvgIpc) is 2.24. The fourth-order valence-corrected chi connectivity index (χ4v) is 1.90. The van der Waals surface area contributed by atoms with Gasteiger partial charge in [-0.15, -0.1) is 0 Å². The van der Waals surface area contributed by atoms with Crippen LogP contribution < -0.4 is 0 Å². The highest BCUT2D eigenvalue weighted by Gasteiger charge is 2.04. The fraction of sp³-hybridized carbons (Fsp3) is 0.538. The maximum Gasteiger partial charge on any atom is 0.0539 e. The topological polar surface area (TPSA) is 3.24 Å². The quantitative estimate of drug-likeness (QED) is 0.598. The zero-order valence-electron chi connectivity index (χ0n) is 10.1. The molecule has 84 valence electrons. The Morgan fingerprint density at radius 3 is 2.40 bits per heavy atom. The molecule has 0 saturated carbocycles. The molecule has 0 heterocycles. The number of nitrogens with zero attached hydrogens (tertiary/aromatic N) is 1. The van der Waals surface area contributed by atoms with Gasteiger partial charge >= 0.3 is 0 Å². The van der Waals surface area contributed by atoms with Crippen LogP contribution in [-0.2, 0) is 6.42 Å². The molecule has 0 aliphatic heterocycles. The normalized spacial score (nSPS) is 11.1. The van der Waals surface area contributed by atoms with Crippen molar-refractivity contribution in [2.24, 2.45) is 0 Å². The second kappa shape index (κ2) is 5.66. The number of hydrogen-bond acceptors (Lipinski definition) is 1. The van der Waals surface area contributed by atoms with E-state index in [0.29, 0.717) is 0 Å². The minimum Gasteiger partial charge on any atom is -0.296 e. The molecule has 0 aliphatic rings. The van der Waals surface area contributed by atoms with Gasteiger partial charge in [0.25, 0.3) is 0 Å². The molecule has 0 aliphatic carbocycles. The molecule has 1 nitrogen and oxygen atoms in total. The Labute approximate surface area is 102 Å². The molecule has 0 radical (unpaired) electrons. The summed E-state index contributed by atoms with van der Waals surface area (Å²) in [5, 5.41) is 0. The van der Waals surface area contributed by atoms with Crippen molar-refractivity contribution in [3.63, 3.8) is 0 Å². The van der Waals surface area contributed by atoms with Crippen molar-refractivity contribution in [2.75, 3.05) is 19.0 Å². The molecular weight excluding hydrogens is 250 g/mol. The third-order valence-corrected chi connectivity index (χ3v) is 3.99. The van der Waals surface area contributed by atoms with E-state index in [1.54, 1.807) is 0 Å².